The molecule has 0 amide bonds. The molecule has 1 saturated heterocycles. The third kappa shape index (κ3) is 2.53. The van der Waals surface area contributed by atoms with Crippen LogP contribution in [0.2, 0.25) is 0 Å². The molecule has 1 fully saturated rings. The minimum absolute atomic E-state index is 0.249. The molecule has 2 aromatic rings. The molecule has 3 rings (SSSR count). The van der Waals surface area contributed by atoms with Crippen molar-refractivity contribution in [2.75, 3.05) is 24.5 Å². The highest BCUT2D eigenvalue weighted by Crippen LogP contribution is 2.18. The zero-order valence-electron chi connectivity index (χ0n) is 11.7. The number of piperidine rings is 1. The van der Waals surface area contributed by atoms with E-state index in [0.717, 1.165) is 38.3 Å². The standard InChI is InChI=1S/C13H20N6O/c1-2-5-14-10-3-6-18(7-4-10)11-8-12-16-17-13(20)19(12)9-15-11/h8-10,14H,2-7H2,1H3,(H,17,20). The van der Waals surface area contributed by atoms with E-state index in [1.807, 2.05) is 6.07 Å². The fourth-order valence-corrected chi connectivity index (χ4v) is 2.63. The Morgan fingerprint density at radius 1 is 1.45 bits per heavy atom. The number of fused-ring (bicyclic) bond motifs is 1. The summed E-state index contributed by atoms with van der Waals surface area (Å²) in [6.07, 6.45) is 4.96. The maximum absolute atomic E-state index is 11.4. The van der Waals surface area contributed by atoms with E-state index < -0.39 is 0 Å². The summed E-state index contributed by atoms with van der Waals surface area (Å²) in [5.41, 5.74) is 0.368. The molecular weight excluding hydrogens is 256 g/mol. The minimum Gasteiger partial charge on any atom is -0.356 e. The van der Waals surface area contributed by atoms with Gasteiger partial charge in [0, 0.05) is 25.2 Å². The highest BCUT2D eigenvalue weighted by molar-refractivity contribution is 5.50. The molecule has 2 aromatic heterocycles. The van der Waals surface area contributed by atoms with Gasteiger partial charge in [-0.2, -0.15) is 5.10 Å². The van der Waals surface area contributed by atoms with Crippen LogP contribution >= 0.6 is 0 Å². The lowest BCUT2D eigenvalue weighted by atomic mass is 10.1. The topological polar surface area (TPSA) is 78.3 Å². The van der Waals surface area contributed by atoms with Gasteiger partial charge in [-0.1, -0.05) is 6.92 Å². The number of anilines is 1. The molecule has 0 unspecified atom stereocenters. The quantitative estimate of drug-likeness (QED) is 0.844. The van der Waals surface area contributed by atoms with Crippen molar-refractivity contribution >= 4 is 11.5 Å². The average Bonchev–Trinajstić information content (AvgIpc) is 2.86. The molecule has 0 bridgehead atoms. The first-order valence-electron chi connectivity index (χ1n) is 7.19. The van der Waals surface area contributed by atoms with Crippen molar-refractivity contribution in [1.82, 2.24) is 24.9 Å². The van der Waals surface area contributed by atoms with Gasteiger partial charge in [0.2, 0.25) is 0 Å². The highest BCUT2D eigenvalue weighted by Gasteiger charge is 2.19. The van der Waals surface area contributed by atoms with E-state index in [2.05, 4.69) is 32.3 Å². The van der Waals surface area contributed by atoms with Crippen molar-refractivity contribution in [2.24, 2.45) is 0 Å². The second-order valence-corrected chi connectivity index (χ2v) is 5.22. The molecule has 0 aliphatic carbocycles. The van der Waals surface area contributed by atoms with Gasteiger partial charge in [-0.3, -0.25) is 0 Å². The van der Waals surface area contributed by atoms with Gasteiger partial charge in [0.15, 0.2) is 5.65 Å². The van der Waals surface area contributed by atoms with Gasteiger partial charge < -0.3 is 10.2 Å². The zero-order valence-corrected chi connectivity index (χ0v) is 11.7. The molecule has 2 N–H and O–H groups in total. The Labute approximate surface area is 117 Å². The monoisotopic (exact) mass is 276 g/mol. The van der Waals surface area contributed by atoms with Gasteiger partial charge in [0.05, 0.1) is 0 Å². The van der Waals surface area contributed by atoms with Gasteiger partial charge >= 0.3 is 5.69 Å². The van der Waals surface area contributed by atoms with E-state index in [1.54, 1.807) is 0 Å². The smallest absolute Gasteiger partial charge is 0.348 e. The first-order valence-corrected chi connectivity index (χ1v) is 7.19. The first kappa shape index (κ1) is 13.1. The van der Waals surface area contributed by atoms with Crippen LogP contribution in [0, 0.1) is 0 Å². The molecule has 0 atom stereocenters. The third-order valence-electron chi connectivity index (χ3n) is 3.80. The molecule has 0 aromatic carbocycles. The summed E-state index contributed by atoms with van der Waals surface area (Å²) in [7, 11) is 0. The number of rotatable bonds is 4. The molecule has 0 spiro atoms. The van der Waals surface area contributed by atoms with Crippen LogP contribution in [0.25, 0.3) is 5.65 Å². The Morgan fingerprint density at radius 2 is 2.25 bits per heavy atom. The number of aromatic amines is 1. The van der Waals surface area contributed by atoms with Crippen molar-refractivity contribution in [2.45, 2.75) is 32.2 Å². The van der Waals surface area contributed by atoms with Crippen molar-refractivity contribution in [3.63, 3.8) is 0 Å². The van der Waals surface area contributed by atoms with Crippen LogP contribution in [0.3, 0.4) is 0 Å². The molecule has 0 radical (unpaired) electrons. The first-order chi connectivity index (χ1) is 9.78. The third-order valence-corrected chi connectivity index (χ3v) is 3.80. The second kappa shape index (κ2) is 5.62. The van der Waals surface area contributed by atoms with Crippen molar-refractivity contribution < 1.29 is 0 Å². The molecule has 7 heteroatoms. The van der Waals surface area contributed by atoms with Crippen LogP contribution in [0.5, 0.6) is 0 Å². The SMILES string of the molecule is CCCNC1CCN(c2cc3n[nH]c(=O)n3cn2)CC1. The molecule has 7 nitrogen and oxygen atoms in total. The number of nitrogens with one attached hydrogen (secondary N) is 2. The molecule has 1 aliphatic rings. The van der Waals surface area contributed by atoms with Gasteiger partial charge in [-0.15, -0.1) is 0 Å². The Balaban J connectivity index is 1.68. The number of hydrogen-bond donors (Lipinski definition) is 2. The number of aromatic nitrogens is 4. The van der Waals surface area contributed by atoms with E-state index in [9.17, 15) is 4.79 Å². The number of hydrogen-bond acceptors (Lipinski definition) is 5. The van der Waals surface area contributed by atoms with Crippen LogP contribution < -0.4 is 15.9 Å². The van der Waals surface area contributed by atoms with E-state index >= 15 is 0 Å². The van der Waals surface area contributed by atoms with Gasteiger partial charge in [-0.25, -0.2) is 19.3 Å². The lowest BCUT2D eigenvalue weighted by molar-refractivity contribution is 0.414. The second-order valence-electron chi connectivity index (χ2n) is 5.22. The molecule has 3 heterocycles. The fraction of sp³-hybridized carbons (Fsp3) is 0.615. The fourth-order valence-electron chi connectivity index (χ4n) is 2.63. The molecule has 0 saturated carbocycles. The number of nitrogens with zero attached hydrogens (tertiary/aromatic N) is 4. The lowest BCUT2D eigenvalue weighted by Crippen LogP contribution is -2.43. The normalized spacial score (nSPS) is 16.9. The summed E-state index contributed by atoms with van der Waals surface area (Å²) < 4.78 is 1.42. The highest BCUT2D eigenvalue weighted by atomic mass is 16.1. The van der Waals surface area contributed by atoms with Crippen molar-refractivity contribution in [3.8, 4) is 0 Å². The Kier molecular flexibility index (Phi) is 3.68. The minimum atomic E-state index is -0.249. The predicted octanol–water partition coefficient (Wildman–Crippen LogP) is 0.386. The molecule has 108 valence electrons. The van der Waals surface area contributed by atoms with Gasteiger partial charge in [0.25, 0.3) is 0 Å². The summed E-state index contributed by atoms with van der Waals surface area (Å²) >= 11 is 0. The lowest BCUT2D eigenvalue weighted by Gasteiger charge is -2.33. The maximum Gasteiger partial charge on any atom is 0.348 e. The van der Waals surface area contributed by atoms with Crippen LogP contribution in [0.1, 0.15) is 26.2 Å². The summed E-state index contributed by atoms with van der Waals surface area (Å²) in [5, 5.41) is 9.97. The summed E-state index contributed by atoms with van der Waals surface area (Å²) in [4.78, 5) is 18.0. The maximum atomic E-state index is 11.4. The van der Waals surface area contributed by atoms with Gasteiger partial charge in [0.1, 0.15) is 12.1 Å². The van der Waals surface area contributed by atoms with Crippen LogP contribution in [0.4, 0.5) is 5.82 Å². The molecular formula is C13H20N6O. The Bertz CT molecular complexity index is 625. The molecule has 20 heavy (non-hydrogen) atoms. The zero-order chi connectivity index (χ0) is 13.9. The van der Waals surface area contributed by atoms with E-state index in [0.29, 0.717) is 11.7 Å². The van der Waals surface area contributed by atoms with Crippen molar-refractivity contribution in [1.29, 1.82) is 0 Å². The van der Waals surface area contributed by atoms with Crippen molar-refractivity contribution in [3.05, 3.63) is 22.9 Å². The summed E-state index contributed by atoms with van der Waals surface area (Å²) in [5.74, 6) is 0.894. The Morgan fingerprint density at radius 3 is 3.00 bits per heavy atom. The van der Waals surface area contributed by atoms with Crippen LogP contribution in [-0.2, 0) is 0 Å². The van der Waals surface area contributed by atoms with Crippen LogP contribution in [0.15, 0.2) is 17.2 Å². The molecule has 1 aliphatic heterocycles. The van der Waals surface area contributed by atoms with E-state index in [1.165, 1.54) is 17.1 Å². The summed E-state index contributed by atoms with van der Waals surface area (Å²) in [6, 6.07) is 2.47. The van der Waals surface area contributed by atoms with E-state index in [-0.39, 0.29) is 5.69 Å². The van der Waals surface area contributed by atoms with Crippen LogP contribution in [-0.4, -0.2) is 45.3 Å². The van der Waals surface area contributed by atoms with Gasteiger partial charge in [-0.05, 0) is 25.8 Å². The predicted molar refractivity (Wildman–Crippen MR) is 77.1 cm³/mol. The average molecular weight is 276 g/mol. The Hall–Kier alpha value is -1.89. The summed E-state index contributed by atoms with van der Waals surface area (Å²) in [6.45, 7) is 5.25. The van der Waals surface area contributed by atoms with E-state index in [4.69, 9.17) is 0 Å². The number of H-pyrrole nitrogens is 1. The largest absolute Gasteiger partial charge is 0.356 e.